The zero-order valence-electron chi connectivity index (χ0n) is 37.0. The predicted molar refractivity (Wildman–Crippen MR) is 222 cm³/mol. The van der Waals surface area contributed by atoms with E-state index in [0.717, 1.165) is 31.6 Å². The van der Waals surface area contributed by atoms with Crippen LogP contribution in [0.25, 0.3) is 0 Å². The number of hydrogen-bond acceptors (Lipinski definition) is 13. The lowest BCUT2D eigenvalue weighted by atomic mass is 9.75. The zero-order valence-corrected chi connectivity index (χ0v) is 37.8. The highest BCUT2D eigenvalue weighted by molar-refractivity contribution is 7.88. The first-order valence-electron chi connectivity index (χ1n) is 19.9. The molecule has 3 saturated carbocycles. The Labute approximate surface area is 363 Å². The Morgan fingerprint density at radius 1 is 0.903 bits per heavy atom. The van der Waals surface area contributed by atoms with Crippen molar-refractivity contribution in [3.63, 3.8) is 0 Å². The third-order valence-electron chi connectivity index (χ3n) is 10.5. The number of ether oxygens (including phenoxy) is 5. The Hall–Kier alpha value is -4.33. The van der Waals surface area contributed by atoms with Gasteiger partial charge in [0, 0.05) is 35.0 Å². The van der Waals surface area contributed by atoms with Gasteiger partial charge in [0.2, 0.25) is 0 Å². The Morgan fingerprint density at radius 2 is 1.40 bits per heavy atom. The number of fused-ring (bicyclic) bond motifs is 1. The van der Waals surface area contributed by atoms with Gasteiger partial charge in [0.1, 0.15) is 17.8 Å². The fourth-order valence-corrected chi connectivity index (χ4v) is 6.55. The summed E-state index contributed by atoms with van der Waals surface area (Å²) in [5.41, 5.74) is -2.09. The van der Waals surface area contributed by atoms with Crippen LogP contribution in [0.15, 0.2) is 60.6 Å². The summed E-state index contributed by atoms with van der Waals surface area (Å²) in [6.07, 6.45) is 0.827. The minimum absolute atomic E-state index is 0.0171. The van der Waals surface area contributed by atoms with Crippen LogP contribution < -0.4 is 0 Å². The molecule has 19 heteroatoms. The Morgan fingerprint density at radius 3 is 1.82 bits per heavy atom. The van der Waals surface area contributed by atoms with Crippen molar-refractivity contribution >= 4 is 40.0 Å². The molecule has 6 unspecified atom stereocenters. The van der Waals surface area contributed by atoms with Crippen molar-refractivity contribution < 1.29 is 84.0 Å². The Balaban J connectivity index is 0.000000795. The molecule has 62 heavy (non-hydrogen) atoms. The summed E-state index contributed by atoms with van der Waals surface area (Å²) in [6, 6.07) is 0. The van der Waals surface area contributed by atoms with Gasteiger partial charge >= 0.3 is 36.0 Å². The quantitative estimate of drug-likeness (QED) is 0.0513. The average Bonchev–Trinajstić information content (AvgIpc) is 3.79. The van der Waals surface area contributed by atoms with E-state index in [1.165, 1.54) is 19.8 Å². The van der Waals surface area contributed by atoms with E-state index >= 15 is 0 Å². The number of rotatable bonds is 14. The van der Waals surface area contributed by atoms with Crippen molar-refractivity contribution in [2.24, 2.45) is 29.6 Å². The van der Waals surface area contributed by atoms with E-state index in [9.17, 15) is 45.6 Å². The smallest absolute Gasteiger partial charge is 0.416 e. The molecule has 0 aromatic rings. The van der Waals surface area contributed by atoms with Crippen molar-refractivity contribution in [1.82, 2.24) is 0 Å². The fraction of sp³-hybridized carbons (Fsp3) is 0.651. The maximum absolute atomic E-state index is 12.3. The number of halogens is 3. The van der Waals surface area contributed by atoms with Gasteiger partial charge in [-0.2, -0.15) is 21.6 Å². The zero-order chi connectivity index (χ0) is 48.6. The summed E-state index contributed by atoms with van der Waals surface area (Å²) in [6.45, 7) is 29.5. The number of alkyl halides is 3. The van der Waals surface area contributed by atoms with Gasteiger partial charge in [-0.1, -0.05) is 52.7 Å². The minimum Gasteiger partial charge on any atom is -0.478 e. The topological polar surface area (TPSA) is 226 Å². The number of aliphatic hydroxyl groups is 1. The lowest BCUT2D eigenvalue weighted by Crippen LogP contribution is -2.43. The summed E-state index contributed by atoms with van der Waals surface area (Å²) >= 11 is 0. The van der Waals surface area contributed by atoms with Crippen molar-refractivity contribution in [2.75, 3.05) is 19.8 Å². The van der Waals surface area contributed by atoms with Crippen LogP contribution in [-0.2, 0) is 57.8 Å². The molecule has 1 saturated heterocycles. The summed E-state index contributed by atoms with van der Waals surface area (Å²) < 4.78 is 88.9. The number of hydrogen-bond donors (Lipinski definition) is 3. The van der Waals surface area contributed by atoms with Crippen LogP contribution in [0.2, 0.25) is 0 Å². The fourth-order valence-electron chi connectivity index (χ4n) is 6.55. The lowest BCUT2D eigenvalue weighted by molar-refractivity contribution is -0.257. The van der Waals surface area contributed by atoms with Crippen molar-refractivity contribution in [2.45, 2.75) is 130 Å². The summed E-state index contributed by atoms with van der Waals surface area (Å²) in [7, 11) is -3.90. The molecule has 15 nitrogen and oxygen atoms in total. The highest BCUT2D eigenvalue weighted by atomic mass is 32.2. The normalized spacial score (nSPS) is 24.1. The van der Waals surface area contributed by atoms with Gasteiger partial charge < -0.3 is 33.9 Å². The van der Waals surface area contributed by atoms with Crippen LogP contribution in [0, 0.1) is 29.6 Å². The van der Waals surface area contributed by atoms with Crippen LogP contribution in [0.3, 0.4) is 0 Å². The van der Waals surface area contributed by atoms with Gasteiger partial charge in [0.05, 0.1) is 36.7 Å². The molecule has 1 aliphatic heterocycles. The molecule has 0 aromatic heterocycles. The first-order valence-corrected chi connectivity index (χ1v) is 21.4. The number of esters is 4. The molecule has 3 aliphatic carbocycles. The lowest BCUT2D eigenvalue weighted by Gasteiger charge is -2.38. The van der Waals surface area contributed by atoms with Gasteiger partial charge in [-0.3, -0.25) is 9.35 Å². The SMILES string of the molecule is C=C(C)C(=O)O.C=C(C)C(=O)OC(C)(C)C1CCC(C)CC1.C=C(C)C(=O)OC1C2CC3C(=O)OC1C3C2.C=C(COCCC(C)(O)C(F)(F)F)C(=O)OCC.C=CS(=O)(=O)O. The second-order valence-electron chi connectivity index (χ2n) is 16.4. The number of carboxylic acids is 1. The molecule has 6 atom stereocenters. The van der Waals surface area contributed by atoms with Crippen LogP contribution in [-0.4, -0.2) is 102 Å². The monoisotopic (exact) mass is 910 g/mol. The molecular formula is C43H65F3O15S. The Bertz CT molecular complexity index is 1720. The van der Waals surface area contributed by atoms with E-state index in [4.69, 9.17) is 33.7 Å². The van der Waals surface area contributed by atoms with Gasteiger partial charge in [0.15, 0.2) is 5.60 Å². The van der Waals surface area contributed by atoms with E-state index < -0.39 is 40.3 Å². The molecule has 3 N–H and O–H groups in total. The van der Waals surface area contributed by atoms with Crippen molar-refractivity contribution in [3.8, 4) is 0 Å². The van der Waals surface area contributed by atoms with Gasteiger partial charge in [-0.15, -0.1) is 0 Å². The summed E-state index contributed by atoms with van der Waals surface area (Å²) in [4.78, 5) is 55.2. The van der Waals surface area contributed by atoms with E-state index in [0.29, 0.717) is 35.3 Å². The van der Waals surface area contributed by atoms with Crippen molar-refractivity contribution in [3.05, 3.63) is 60.6 Å². The second-order valence-corrected chi connectivity index (χ2v) is 17.8. The summed E-state index contributed by atoms with van der Waals surface area (Å²) in [5, 5.41) is 17.4. The molecule has 0 spiro atoms. The maximum Gasteiger partial charge on any atom is 0.416 e. The number of carbonyl (C=O) groups is 5. The molecule has 0 aromatic carbocycles. The first-order chi connectivity index (χ1) is 28.2. The van der Waals surface area contributed by atoms with Gasteiger partial charge in [-0.25, -0.2) is 19.2 Å². The largest absolute Gasteiger partial charge is 0.478 e. The van der Waals surface area contributed by atoms with Crippen molar-refractivity contribution in [1.29, 1.82) is 0 Å². The summed E-state index contributed by atoms with van der Waals surface area (Å²) in [5.74, 6) is -0.372. The molecular weight excluding hydrogens is 846 g/mol. The third-order valence-corrected chi connectivity index (χ3v) is 10.9. The predicted octanol–water partition coefficient (Wildman–Crippen LogP) is 7.26. The van der Waals surface area contributed by atoms with E-state index in [1.54, 1.807) is 20.8 Å². The molecule has 0 amide bonds. The number of carbonyl (C=O) groups excluding carboxylic acids is 4. The molecule has 0 radical (unpaired) electrons. The van der Waals surface area contributed by atoms with E-state index in [2.05, 4.69) is 44.6 Å². The molecule has 354 valence electrons. The van der Waals surface area contributed by atoms with Crippen LogP contribution >= 0.6 is 0 Å². The standard InChI is InChI=1S/C14H24O2.C12H14O4.C11H17F3O4.C4H6O2.C2H4O3S/c1-10(2)13(15)16-14(4,5)12-8-6-11(3)7-9-12;1-5(2)11(13)15-9-6-3-7-8(4-6)12(14)16-10(7)9;1-4-18-9(15)8(2)7-17-6-5-10(3,16)11(12,13)14;1-3(2)4(5)6;1-2-6(3,4)5/h11-12H,1,6-9H2,2-5H3;6-10H,1,3-4H2,2H3;16H,2,4-7H2,1,3H3;1H2,2H3,(H,5,6);2H,1H2,(H,3,4,5). The number of aliphatic carboxylic acids is 1. The average molecular weight is 911 g/mol. The second kappa shape index (κ2) is 25.1. The first kappa shape index (κ1) is 57.7. The molecule has 4 aliphatic rings. The molecule has 4 rings (SSSR count). The van der Waals surface area contributed by atoms with Crippen LogP contribution in [0.5, 0.6) is 0 Å². The Kier molecular flexibility index (Phi) is 23.3. The maximum atomic E-state index is 12.3. The highest BCUT2D eigenvalue weighted by Crippen LogP contribution is 2.55. The minimum atomic E-state index is -4.71. The number of carboxylic acid groups (broad SMARTS) is 1. The third kappa shape index (κ3) is 19.8. The molecule has 1 heterocycles. The van der Waals surface area contributed by atoms with Crippen LogP contribution in [0.1, 0.15) is 100 Å². The van der Waals surface area contributed by atoms with Gasteiger partial charge in [0.25, 0.3) is 10.1 Å². The van der Waals surface area contributed by atoms with E-state index in [-0.39, 0.29) is 78.5 Å². The highest BCUT2D eigenvalue weighted by Gasteiger charge is 2.63. The molecule has 4 fully saturated rings. The molecule has 2 bridgehead atoms. The van der Waals surface area contributed by atoms with Crippen LogP contribution in [0.4, 0.5) is 13.2 Å². The van der Waals surface area contributed by atoms with E-state index in [1.807, 2.05) is 13.8 Å². The van der Waals surface area contributed by atoms with Gasteiger partial charge in [-0.05, 0) is 86.0 Å².